The molecular formula is C21H22FNO5. The molecule has 0 bridgehead atoms. The molecule has 0 aliphatic rings. The van der Waals surface area contributed by atoms with E-state index in [9.17, 15) is 18.8 Å². The molecule has 0 radical (unpaired) electrons. The van der Waals surface area contributed by atoms with Gasteiger partial charge in [-0.25, -0.2) is 9.18 Å². The third-order valence-corrected chi connectivity index (χ3v) is 3.96. The van der Waals surface area contributed by atoms with Crippen LogP contribution in [-0.2, 0) is 9.53 Å². The van der Waals surface area contributed by atoms with Crippen LogP contribution >= 0.6 is 0 Å². The van der Waals surface area contributed by atoms with E-state index in [1.54, 1.807) is 12.1 Å². The molecule has 1 amide bonds. The second-order valence-corrected chi connectivity index (χ2v) is 6.13. The van der Waals surface area contributed by atoms with Crippen LogP contribution in [0.3, 0.4) is 0 Å². The summed E-state index contributed by atoms with van der Waals surface area (Å²) in [5.74, 6) is -1.85. The first kappa shape index (κ1) is 21.1. The molecule has 0 spiro atoms. The third-order valence-electron chi connectivity index (χ3n) is 3.96. The van der Waals surface area contributed by atoms with Crippen molar-refractivity contribution in [2.45, 2.75) is 32.8 Å². The second-order valence-electron chi connectivity index (χ2n) is 6.13. The maximum absolute atomic E-state index is 13.4. The van der Waals surface area contributed by atoms with Gasteiger partial charge in [0.1, 0.15) is 17.1 Å². The maximum atomic E-state index is 13.4. The molecule has 0 heterocycles. The van der Waals surface area contributed by atoms with Crippen molar-refractivity contribution in [2.75, 3.05) is 12.4 Å². The number of amides is 1. The lowest BCUT2D eigenvalue weighted by molar-refractivity contribution is -0.116. The van der Waals surface area contributed by atoms with E-state index < -0.39 is 23.7 Å². The largest absolute Gasteiger partial charge is 0.496 e. The van der Waals surface area contributed by atoms with Gasteiger partial charge in [-0.15, -0.1) is 0 Å². The van der Waals surface area contributed by atoms with Crippen LogP contribution in [0.5, 0.6) is 5.75 Å². The summed E-state index contributed by atoms with van der Waals surface area (Å²) in [7, 11) is 1.35. The van der Waals surface area contributed by atoms with Gasteiger partial charge in [-0.3, -0.25) is 9.59 Å². The highest BCUT2D eigenvalue weighted by Gasteiger charge is 2.23. The Morgan fingerprint density at radius 1 is 1.11 bits per heavy atom. The molecule has 148 valence electrons. The van der Waals surface area contributed by atoms with Crippen molar-refractivity contribution in [2.24, 2.45) is 0 Å². The molecule has 2 rings (SSSR count). The summed E-state index contributed by atoms with van der Waals surface area (Å²) in [4.78, 5) is 36.4. The van der Waals surface area contributed by atoms with Gasteiger partial charge in [-0.1, -0.05) is 6.92 Å². The van der Waals surface area contributed by atoms with Crippen molar-refractivity contribution in [1.82, 2.24) is 0 Å². The van der Waals surface area contributed by atoms with E-state index in [2.05, 4.69) is 5.32 Å². The van der Waals surface area contributed by atoms with Gasteiger partial charge < -0.3 is 14.8 Å². The van der Waals surface area contributed by atoms with Gasteiger partial charge in [0.25, 0.3) is 0 Å². The van der Waals surface area contributed by atoms with Gasteiger partial charge in [0.05, 0.1) is 7.11 Å². The van der Waals surface area contributed by atoms with Crippen molar-refractivity contribution < 1.29 is 28.2 Å². The average molecular weight is 387 g/mol. The lowest BCUT2D eigenvalue weighted by Gasteiger charge is -2.14. The number of ether oxygens (including phenoxy) is 2. The zero-order valence-corrected chi connectivity index (χ0v) is 16.0. The molecule has 0 saturated carbocycles. The summed E-state index contributed by atoms with van der Waals surface area (Å²) in [5.41, 5.74) is 0.792. The molecule has 1 unspecified atom stereocenters. The van der Waals surface area contributed by atoms with Crippen LogP contribution in [0.15, 0.2) is 42.5 Å². The molecule has 28 heavy (non-hydrogen) atoms. The summed E-state index contributed by atoms with van der Waals surface area (Å²) in [6.07, 6.45) is 0.0690. The van der Waals surface area contributed by atoms with Crippen molar-refractivity contribution in [1.29, 1.82) is 0 Å². The molecule has 2 aromatic rings. The Morgan fingerprint density at radius 3 is 2.39 bits per heavy atom. The molecule has 0 saturated heterocycles. The number of anilines is 1. The minimum absolute atomic E-state index is 0.101. The topological polar surface area (TPSA) is 81.7 Å². The van der Waals surface area contributed by atoms with Gasteiger partial charge in [0.15, 0.2) is 6.10 Å². The van der Waals surface area contributed by atoms with E-state index >= 15 is 0 Å². The Hall–Kier alpha value is -3.22. The van der Waals surface area contributed by atoms with Gasteiger partial charge >= 0.3 is 5.97 Å². The number of hydrogen-bond acceptors (Lipinski definition) is 5. The van der Waals surface area contributed by atoms with Gasteiger partial charge in [0.2, 0.25) is 11.7 Å². The van der Waals surface area contributed by atoms with Crippen LogP contribution < -0.4 is 10.1 Å². The molecule has 1 atom stereocenters. The van der Waals surface area contributed by atoms with Crippen LogP contribution in [0.4, 0.5) is 10.1 Å². The highest BCUT2D eigenvalue weighted by molar-refractivity contribution is 6.02. The number of methoxy groups -OCH3 is 1. The summed E-state index contributed by atoms with van der Waals surface area (Å²) < 4.78 is 23.6. The third kappa shape index (κ3) is 5.39. The summed E-state index contributed by atoms with van der Waals surface area (Å²) in [5, 5.41) is 2.72. The fourth-order valence-electron chi connectivity index (χ4n) is 2.52. The van der Waals surface area contributed by atoms with Crippen LogP contribution in [0.25, 0.3) is 0 Å². The number of halogens is 1. The Labute approximate surface area is 162 Å². The molecule has 0 aliphatic heterocycles. The quantitative estimate of drug-likeness (QED) is 0.547. The molecule has 0 aliphatic carbocycles. The number of rotatable bonds is 8. The van der Waals surface area contributed by atoms with Gasteiger partial charge in [0, 0.05) is 17.7 Å². The molecule has 0 fully saturated rings. The van der Waals surface area contributed by atoms with Gasteiger partial charge in [-0.2, -0.15) is 0 Å². The van der Waals surface area contributed by atoms with E-state index in [0.717, 1.165) is 18.6 Å². The monoisotopic (exact) mass is 387 g/mol. The molecular weight excluding hydrogens is 365 g/mol. The lowest BCUT2D eigenvalue weighted by Crippen LogP contribution is -2.24. The highest BCUT2D eigenvalue weighted by atomic mass is 19.1. The number of nitrogens with one attached hydrogen (secondary N) is 1. The molecule has 1 N–H and O–H groups in total. The average Bonchev–Trinajstić information content (AvgIpc) is 2.68. The summed E-state index contributed by atoms with van der Waals surface area (Å²) in [6, 6.07) is 9.74. The SMILES string of the molecule is CCCC(=O)Nc1ccc(C(=O)C(C)OC(=O)c2cc(F)ccc2OC)cc1. The highest BCUT2D eigenvalue weighted by Crippen LogP contribution is 2.21. The van der Waals surface area contributed by atoms with E-state index in [4.69, 9.17) is 9.47 Å². The van der Waals surface area contributed by atoms with E-state index in [0.29, 0.717) is 17.7 Å². The van der Waals surface area contributed by atoms with Crippen molar-refractivity contribution in [3.63, 3.8) is 0 Å². The zero-order chi connectivity index (χ0) is 20.7. The molecule has 6 nitrogen and oxygen atoms in total. The normalized spacial score (nSPS) is 11.4. The smallest absolute Gasteiger partial charge is 0.342 e. The first-order valence-electron chi connectivity index (χ1n) is 8.84. The summed E-state index contributed by atoms with van der Waals surface area (Å²) >= 11 is 0. The van der Waals surface area contributed by atoms with Crippen LogP contribution in [0.1, 0.15) is 47.4 Å². The molecule has 2 aromatic carbocycles. The van der Waals surface area contributed by atoms with Crippen LogP contribution in [-0.4, -0.2) is 30.9 Å². The lowest BCUT2D eigenvalue weighted by atomic mass is 10.1. The number of carbonyl (C=O) groups is 3. The van der Waals surface area contributed by atoms with E-state index in [1.807, 2.05) is 6.92 Å². The standard InChI is InChI=1S/C21H22FNO5/c1-4-5-19(24)23-16-9-6-14(7-10-16)20(25)13(2)28-21(26)17-12-15(22)8-11-18(17)27-3/h6-13H,4-5H2,1-3H3,(H,23,24). The number of Topliss-reactive ketones (excluding diaryl/α,β-unsaturated/α-hetero) is 1. The number of benzene rings is 2. The summed E-state index contributed by atoms with van der Waals surface area (Å²) in [6.45, 7) is 3.34. The Kier molecular flexibility index (Phi) is 7.26. The Morgan fingerprint density at radius 2 is 1.79 bits per heavy atom. The number of hydrogen-bond donors (Lipinski definition) is 1. The number of ketones is 1. The first-order chi connectivity index (χ1) is 13.3. The van der Waals surface area contributed by atoms with Crippen LogP contribution in [0, 0.1) is 5.82 Å². The van der Waals surface area contributed by atoms with Crippen LogP contribution in [0.2, 0.25) is 0 Å². The fourth-order valence-corrected chi connectivity index (χ4v) is 2.52. The minimum atomic E-state index is -1.08. The van der Waals surface area contributed by atoms with Crippen molar-refractivity contribution in [3.8, 4) is 5.75 Å². The maximum Gasteiger partial charge on any atom is 0.342 e. The number of esters is 1. The van der Waals surface area contributed by atoms with Gasteiger partial charge in [-0.05, 0) is 55.8 Å². The van der Waals surface area contributed by atoms with Crippen molar-refractivity contribution >= 4 is 23.3 Å². The Balaban J connectivity index is 2.05. The van der Waals surface area contributed by atoms with E-state index in [-0.39, 0.29) is 17.2 Å². The molecule has 0 aromatic heterocycles. The predicted octanol–water partition coefficient (Wildman–Crippen LogP) is 4.00. The number of carbonyl (C=O) groups excluding carboxylic acids is 3. The second kappa shape index (κ2) is 9.64. The Bertz CT molecular complexity index is 864. The predicted molar refractivity (Wildman–Crippen MR) is 102 cm³/mol. The minimum Gasteiger partial charge on any atom is -0.496 e. The molecule has 7 heteroatoms. The fraction of sp³-hybridized carbons (Fsp3) is 0.286. The van der Waals surface area contributed by atoms with Crippen molar-refractivity contribution in [3.05, 3.63) is 59.4 Å². The first-order valence-corrected chi connectivity index (χ1v) is 8.84. The zero-order valence-electron chi connectivity index (χ0n) is 16.0. The van der Waals surface area contributed by atoms with E-state index in [1.165, 1.54) is 32.2 Å².